The first-order valence-electron chi connectivity index (χ1n) is 9.97. The quantitative estimate of drug-likeness (QED) is 0.130. The number of ketones is 1. The number of halogens is 3. The smallest absolute Gasteiger partial charge is 0.379 e. The first-order valence-corrected chi connectivity index (χ1v) is 10.4. The third kappa shape index (κ3) is 29.2. The minimum Gasteiger partial charge on any atom is -0.516 e. The first-order chi connectivity index (χ1) is 15.4. The van der Waals surface area contributed by atoms with Gasteiger partial charge in [0.25, 0.3) is 0 Å². The molecule has 3 N–H and O–H groups in total. The summed E-state index contributed by atoms with van der Waals surface area (Å²) in [6.07, 6.45) is 7.81. The van der Waals surface area contributed by atoms with E-state index < -0.39 is 12.6 Å². The highest BCUT2D eigenvalue weighted by atomic mass is 32.1. The van der Waals surface area contributed by atoms with Crippen LogP contribution in [0.4, 0.5) is 13.2 Å². The van der Waals surface area contributed by atoms with E-state index in [4.69, 9.17) is 10.2 Å². The van der Waals surface area contributed by atoms with E-state index >= 15 is 0 Å². The summed E-state index contributed by atoms with van der Waals surface area (Å²) in [4.78, 5) is 33.4. The highest BCUT2D eigenvalue weighted by Crippen LogP contribution is 2.13. The van der Waals surface area contributed by atoms with E-state index in [9.17, 15) is 27.6 Å². The van der Waals surface area contributed by atoms with Crippen molar-refractivity contribution in [1.29, 1.82) is 0 Å². The second-order valence-electron chi connectivity index (χ2n) is 5.84. The number of hydrogen-bond donors (Lipinski definition) is 4. The van der Waals surface area contributed by atoms with E-state index in [1.165, 1.54) is 25.3 Å². The number of thiol groups is 1. The second kappa shape index (κ2) is 25.5. The highest BCUT2D eigenvalue weighted by molar-refractivity contribution is 7.84. The van der Waals surface area contributed by atoms with E-state index in [1.807, 2.05) is 20.8 Å². The van der Waals surface area contributed by atoms with Crippen LogP contribution in [0.1, 0.15) is 47.0 Å². The van der Waals surface area contributed by atoms with E-state index in [0.717, 1.165) is 17.6 Å². The van der Waals surface area contributed by atoms with Gasteiger partial charge in [0.15, 0.2) is 5.78 Å². The maximum atomic E-state index is 11.8. The Morgan fingerprint density at radius 2 is 1.64 bits per heavy atom. The molecule has 0 spiro atoms. The Morgan fingerprint density at radius 3 is 1.97 bits per heavy atom. The molecule has 6 nitrogen and oxygen atoms in total. The summed E-state index contributed by atoms with van der Waals surface area (Å²) < 4.78 is 29.0. The maximum Gasteiger partial charge on any atom is 0.379 e. The molecule has 0 saturated carbocycles. The van der Waals surface area contributed by atoms with E-state index in [2.05, 4.69) is 31.1 Å². The lowest BCUT2D eigenvalue weighted by Gasteiger charge is -2.05. The fourth-order valence-corrected chi connectivity index (χ4v) is 1.88. The number of aliphatic hydroxyl groups is 1. The zero-order valence-corrected chi connectivity index (χ0v) is 20.7. The SMILES string of the molecule is C=C/C(=C\C=C\O)C(=O)C(=C)/C=C(\S)CC.CC.CNC(=O)CC(C)CC(=O)O.FC(F)F. The number of carbonyl (C=O) groups excluding carboxylic acids is 2. The van der Waals surface area contributed by atoms with E-state index in [-0.39, 0.29) is 30.4 Å². The van der Waals surface area contributed by atoms with Crippen LogP contribution in [-0.2, 0) is 14.4 Å². The summed E-state index contributed by atoms with van der Waals surface area (Å²) >= 11 is 4.18. The van der Waals surface area contributed by atoms with Gasteiger partial charge < -0.3 is 15.5 Å². The molecule has 0 aromatic carbocycles. The minimum atomic E-state index is -3.67. The Bertz CT molecular complexity index is 687. The lowest BCUT2D eigenvalue weighted by Crippen LogP contribution is -2.21. The van der Waals surface area contributed by atoms with Crippen molar-refractivity contribution in [3.63, 3.8) is 0 Å². The largest absolute Gasteiger partial charge is 0.516 e. The van der Waals surface area contributed by atoms with Gasteiger partial charge in [0.05, 0.1) is 6.26 Å². The molecular formula is C23H36F3NO5S. The number of hydrogen-bond acceptors (Lipinski definition) is 5. The predicted octanol–water partition coefficient (Wildman–Crippen LogP) is 5.96. The van der Waals surface area contributed by atoms with Crippen LogP contribution in [-0.4, -0.2) is 41.6 Å². The normalized spacial score (nSPS) is 11.6. The topological polar surface area (TPSA) is 104 Å². The highest BCUT2D eigenvalue weighted by Gasteiger charge is 2.10. The van der Waals surface area contributed by atoms with E-state index in [1.54, 1.807) is 13.0 Å². The summed E-state index contributed by atoms with van der Waals surface area (Å²) in [6.45, 7) is 11.2. The molecule has 0 rings (SSSR count). The third-order valence-corrected chi connectivity index (χ3v) is 3.62. The number of carboxylic acids is 1. The van der Waals surface area contributed by atoms with Gasteiger partial charge in [-0.05, 0) is 35.5 Å². The van der Waals surface area contributed by atoms with Gasteiger partial charge in [-0.2, -0.15) is 13.2 Å². The molecule has 0 fully saturated rings. The van der Waals surface area contributed by atoms with E-state index in [0.29, 0.717) is 11.1 Å². The van der Waals surface area contributed by atoms with Crippen LogP contribution in [0.2, 0.25) is 0 Å². The van der Waals surface area contributed by atoms with Crippen LogP contribution in [0.15, 0.2) is 59.8 Å². The molecule has 0 bridgehead atoms. The number of nitrogens with one attached hydrogen (secondary N) is 1. The zero-order chi connectivity index (χ0) is 27.0. The number of alkyl halides is 3. The summed E-state index contributed by atoms with van der Waals surface area (Å²) in [5, 5.41) is 19.3. The monoisotopic (exact) mass is 495 g/mol. The lowest BCUT2D eigenvalue weighted by molar-refractivity contribution is -0.138. The molecule has 0 aliphatic heterocycles. The van der Waals surface area contributed by atoms with Crippen LogP contribution in [0.3, 0.4) is 0 Å². The van der Waals surface area contributed by atoms with Gasteiger partial charge in [0.1, 0.15) is 0 Å². The molecule has 0 heterocycles. The molecule has 0 radical (unpaired) electrons. The van der Waals surface area contributed by atoms with Crippen molar-refractivity contribution in [2.45, 2.75) is 53.6 Å². The molecule has 0 aliphatic rings. The standard InChI is InChI=1S/C13H16O2S.C7H13NO3.C2H6.CHF3/c1-4-11(7-6-8-14)13(15)10(3)9-12(16)5-2;1-5(4-7(10)11)3-6(9)8-2;1-2;2-1(3)4/h4,6-9,14,16H,1,3,5H2,2H3;5H,3-4H2,1-2H3,(H,8,9)(H,10,11);1-2H3;1H/b8-6+,11-7+,12-9-;;;. The summed E-state index contributed by atoms with van der Waals surface area (Å²) in [6, 6.07) is 0. The number of Topliss-reactive ketones (excluding diaryl/α,β-unsaturated/α-hetero) is 1. The summed E-state index contributed by atoms with van der Waals surface area (Å²) in [5.41, 5.74) is 0.730. The van der Waals surface area contributed by atoms with Crippen LogP contribution < -0.4 is 5.32 Å². The molecule has 33 heavy (non-hydrogen) atoms. The minimum absolute atomic E-state index is 0.0490. The molecule has 0 aliphatic carbocycles. The molecule has 1 atom stereocenters. The van der Waals surface area contributed by atoms with Gasteiger partial charge in [-0.3, -0.25) is 14.4 Å². The van der Waals surface area contributed by atoms with Crippen LogP contribution in [0.5, 0.6) is 0 Å². The first kappa shape index (κ1) is 37.6. The molecule has 0 aromatic heterocycles. The van der Waals surface area contributed by atoms with Gasteiger partial charge >= 0.3 is 12.6 Å². The number of carbonyl (C=O) groups is 3. The van der Waals surface area contributed by atoms with Crippen LogP contribution >= 0.6 is 12.6 Å². The van der Waals surface area contributed by atoms with Gasteiger partial charge in [-0.1, -0.05) is 46.9 Å². The van der Waals surface area contributed by atoms with Gasteiger partial charge in [-0.25, -0.2) is 0 Å². The molecule has 1 unspecified atom stereocenters. The number of aliphatic hydroxyl groups excluding tert-OH is 1. The Balaban J connectivity index is -0.000000214. The maximum absolute atomic E-state index is 11.8. The summed E-state index contributed by atoms with van der Waals surface area (Å²) in [7, 11) is 1.54. The number of aliphatic carboxylic acids is 1. The third-order valence-electron chi connectivity index (χ3n) is 3.17. The Labute approximate surface area is 200 Å². The van der Waals surface area contributed by atoms with Gasteiger partial charge in [-0.15, -0.1) is 12.6 Å². The average Bonchev–Trinajstić information content (AvgIpc) is 2.74. The van der Waals surface area contributed by atoms with Gasteiger partial charge in [0, 0.05) is 31.0 Å². The molecule has 0 saturated heterocycles. The second-order valence-corrected chi connectivity index (χ2v) is 6.41. The zero-order valence-electron chi connectivity index (χ0n) is 19.8. The fraction of sp³-hybridized carbons (Fsp3) is 0.435. The molecule has 10 heteroatoms. The molecule has 0 aromatic rings. The van der Waals surface area contributed by atoms with Crippen molar-refractivity contribution in [2.75, 3.05) is 7.05 Å². The summed E-state index contributed by atoms with van der Waals surface area (Å²) in [5.74, 6) is -1.29. The van der Waals surface area contributed by atoms with Crippen LogP contribution in [0.25, 0.3) is 0 Å². The van der Waals surface area contributed by atoms with Crippen molar-refractivity contribution in [3.05, 3.63) is 59.8 Å². The Hall–Kier alpha value is -2.75. The van der Waals surface area contributed by atoms with Crippen molar-refractivity contribution in [3.8, 4) is 0 Å². The van der Waals surface area contributed by atoms with Crippen LogP contribution in [0, 0.1) is 5.92 Å². The van der Waals surface area contributed by atoms with Crippen molar-refractivity contribution in [1.82, 2.24) is 5.32 Å². The number of allylic oxidation sites excluding steroid dienone is 7. The Kier molecular flexibility index (Phi) is 29.0. The van der Waals surface area contributed by atoms with Gasteiger partial charge in [0.2, 0.25) is 5.91 Å². The van der Waals surface area contributed by atoms with Crippen molar-refractivity contribution in [2.24, 2.45) is 5.92 Å². The average molecular weight is 496 g/mol. The lowest BCUT2D eigenvalue weighted by atomic mass is 10.0. The number of amides is 1. The Morgan fingerprint density at radius 1 is 1.15 bits per heavy atom. The predicted molar refractivity (Wildman–Crippen MR) is 130 cm³/mol. The van der Waals surface area contributed by atoms with Crippen molar-refractivity contribution >= 4 is 30.3 Å². The fourth-order valence-electron chi connectivity index (χ4n) is 1.73. The number of rotatable bonds is 10. The molecule has 190 valence electrons. The molecular weight excluding hydrogens is 459 g/mol. The number of carboxylic acid groups (broad SMARTS) is 1. The van der Waals surface area contributed by atoms with Crippen molar-refractivity contribution < 1.29 is 37.8 Å². The molecule has 1 amide bonds.